The van der Waals surface area contributed by atoms with Crippen LogP contribution in [-0.4, -0.2) is 11.6 Å². The minimum absolute atomic E-state index is 0.284. The van der Waals surface area contributed by atoms with Crippen LogP contribution in [0.1, 0.15) is 6.92 Å². The van der Waals surface area contributed by atoms with Gasteiger partial charge in [-0.3, -0.25) is 4.99 Å². The molecule has 0 aromatic carbocycles. The first-order chi connectivity index (χ1) is 5.65. The van der Waals surface area contributed by atoms with Crippen LogP contribution >= 0.6 is 0 Å². The predicted octanol–water partition coefficient (Wildman–Crippen LogP) is 1.65. The topological polar surface area (TPSA) is 17.3 Å². The van der Waals surface area contributed by atoms with Crippen molar-refractivity contribution in [2.75, 3.05) is 7.05 Å². The lowest BCUT2D eigenvalue weighted by Crippen LogP contribution is -2.18. The van der Waals surface area contributed by atoms with Crippen molar-refractivity contribution in [2.24, 2.45) is 4.99 Å². The van der Waals surface area contributed by atoms with E-state index < -0.39 is 0 Å². The number of aromatic nitrogens is 1. The molecule has 3 heteroatoms. The molecule has 0 unspecified atom stereocenters. The lowest BCUT2D eigenvalue weighted by atomic mass is 10.4. The summed E-state index contributed by atoms with van der Waals surface area (Å²) < 4.78 is 14.4. The van der Waals surface area contributed by atoms with Gasteiger partial charge in [-0.05, 0) is 13.0 Å². The Balaban J connectivity index is 3.41. The Bertz CT molecular complexity index is 363. The number of nitrogens with zero attached hydrogens (tertiary/aromatic N) is 2. The summed E-state index contributed by atoms with van der Waals surface area (Å²) >= 11 is 0. The summed E-state index contributed by atoms with van der Waals surface area (Å²) in [5.74, 6) is -0.284. The third-order valence-electron chi connectivity index (χ3n) is 1.54. The fraction of sp³-hybridized carbons (Fsp3) is 0.222. The molecular weight excluding hydrogens is 155 g/mol. The number of pyridine rings is 1. The molecule has 0 saturated heterocycles. The molecule has 1 rings (SSSR count). The first kappa shape index (κ1) is 8.71. The highest BCUT2D eigenvalue weighted by Gasteiger charge is 1.94. The van der Waals surface area contributed by atoms with Gasteiger partial charge in [0, 0.05) is 25.0 Å². The first-order valence-electron chi connectivity index (χ1n) is 3.62. The maximum Gasteiger partial charge on any atom is 0.134 e. The summed E-state index contributed by atoms with van der Waals surface area (Å²) in [7, 11) is 1.62. The molecule has 1 heterocycles. The smallest absolute Gasteiger partial charge is 0.134 e. The molecule has 64 valence electrons. The highest BCUT2D eigenvalue weighted by molar-refractivity contribution is 5.37. The first-order valence-corrected chi connectivity index (χ1v) is 3.62. The molecule has 12 heavy (non-hydrogen) atoms. The number of rotatable bonds is 1. The van der Waals surface area contributed by atoms with Crippen LogP contribution in [0.15, 0.2) is 29.9 Å². The molecule has 0 amide bonds. The summed E-state index contributed by atoms with van der Waals surface area (Å²) in [6.45, 7) is 5.58. The van der Waals surface area contributed by atoms with Gasteiger partial charge in [-0.15, -0.1) is 0 Å². The van der Waals surface area contributed by atoms with E-state index in [1.165, 1.54) is 12.1 Å². The van der Waals surface area contributed by atoms with Crippen LogP contribution in [0, 0.1) is 5.82 Å². The minimum atomic E-state index is -0.284. The Hall–Kier alpha value is -1.38. The zero-order chi connectivity index (χ0) is 9.14. The van der Waals surface area contributed by atoms with Gasteiger partial charge in [0.2, 0.25) is 0 Å². The molecule has 0 bridgehead atoms. The van der Waals surface area contributed by atoms with Gasteiger partial charge in [0.1, 0.15) is 11.3 Å². The fourth-order valence-electron chi connectivity index (χ4n) is 0.958. The van der Waals surface area contributed by atoms with Gasteiger partial charge in [-0.1, -0.05) is 6.58 Å². The van der Waals surface area contributed by atoms with Crippen molar-refractivity contribution >= 4 is 5.70 Å². The molecule has 0 fully saturated rings. The summed E-state index contributed by atoms with van der Waals surface area (Å²) in [4.78, 5) is 3.91. The van der Waals surface area contributed by atoms with Crippen LogP contribution < -0.4 is 5.49 Å². The number of allylic oxidation sites excluding steroid dienone is 1. The fourth-order valence-corrected chi connectivity index (χ4v) is 0.958. The zero-order valence-electron chi connectivity index (χ0n) is 7.21. The average molecular weight is 166 g/mol. The van der Waals surface area contributed by atoms with Gasteiger partial charge in [0.15, 0.2) is 0 Å². The van der Waals surface area contributed by atoms with Crippen LogP contribution in [0.5, 0.6) is 0 Å². The lowest BCUT2D eigenvalue weighted by Gasteiger charge is -2.04. The zero-order valence-corrected chi connectivity index (χ0v) is 7.21. The van der Waals surface area contributed by atoms with Crippen molar-refractivity contribution in [3.63, 3.8) is 0 Å². The molecular formula is C9H11FN2. The molecule has 0 atom stereocenters. The van der Waals surface area contributed by atoms with Crippen LogP contribution in [0.4, 0.5) is 4.39 Å². The minimum Gasteiger partial charge on any atom is -0.307 e. The SMILES string of the molecule is C=C(C)n1ccc(F)cc1=NC. The summed E-state index contributed by atoms with van der Waals surface area (Å²) in [5, 5.41) is 0. The second-order valence-corrected chi connectivity index (χ2v) is 2.53. The van der Waals surface area contributed by atoms with Crippen molar-refractivity contribution < 1.29 is 4.39 Å². The molecule has 1 aromatic heterocycles. The second-order valence-electron chi connectivity index (χ2n) is 2.53. The van der Waals surface area contributed by atoms with E-state index in [2.05, 4.69) is 11.6 Å². The van der Waals surface area contributed by atoms with Gasteiger partial charge in [-0.25, -0.2) is 4.39 Å². The average Bonchev–Trinajstić information content (AvgIpc) is 2.03. The highest BCUT2D eigenvalue weighted by Crippen LogP contribution is 1.96. The van der Waals surface area contributed by atoms with E-state index in [0.29, 0.717) is 5.49 Å². The van der Waals surface area contributed by atoms with Crippen LogP contribution in [-0.2, 0) is 0 Å². The molecule has 0 aliphatic heterocycles. The lowest BCUT2D eigenvalue weighted by molar-refractivity contribution is 0.619. The third kappa shape index (κ3) is 1.61. The Kier molecular flexibility index (Phi) is 2.43. The number of halogens is 1. The van der Waals surface area contributed by atoms with Crippen molar-refractivity contribution in [1.29, 1.82) is 0 Å². The van der Waals surface area contributed by atoms with E-state index in [-0.39, 0.29) is 5.82 Å². The van der Waals surface area contributed by atoms with E-state index in [1.54, 1.807) is 17.8 Å². The van der Waals surface area contributed by atoms with Gasteiger partial charge >= 0.3 is 0 Å². The van der Waals surface area contributed by atoms with E-state index >= 15 is 0 Å². The molecule has 0 radical (unpaired) electrons. The Morgan fingerprint density at radius 3 is 2.83 bits per heavy atom. The van der Waals surface area contributed by atoms with Gasteiger partial charge in [0.05, 0.1) is 0 Å². The molecule has 0 aliphatic carbocycles. The maximum atomic E-state index is 12.7. The third-order valence-corrected chi connectivity index (χ3v) is 1.54. The Morgan fingerprint density at radius 1 is 1.67 bits per heavy atom. The van der Waals surface area contributed by atoms with Crippen LogP contribution in [0.25, 0.3) is 5.70 Å². The van der Waals surface area contributed by atoms with Gasteiger partial charge in [-0.2, -0.15) is 0 Å². The molecule has 2 nitrogen and oxygen atoms in total. The van der Waals surface area contributed by atoms with Crippen molar-refractivity contribution in [3.05, 3.63) is 36.2 Å². The standard InChI is InChI=1S/C9H11FN2/c1-7(2)12-5-4-8(10)6-9(12)11-3/h4-6H,1H2,2-3H3. The van der Waals surface area contributed by atoms with Crippen LogP contribution in [0.3, 0.4) is 0 Å². The van der Waals surface area contributed by atoms with Crippen molar-refractivity contribution in [3.8, 4) is 0 Å². The molecule has 0 N–H and O–H groups in total. The van der Waals surface area contributed by atoms with Gasteiger partial charge in [0.25, 0.3) is 0 Å². The molecule has 0 spiro atoms. The second kappa shape index (κ2) is 3.34. The summed E-state index contributed by atoms with van der Waals surface area (Å²) in [6.07, 6.45) is 1.61. The molecule has 1 aromatic rings. The molecule has 0 saturated carbocycles. The number of hydrogen-bond donors (Lipinski definition) is 0. The van der Waals surface area contributed by atoms with Gasteiger partial charge < -0.3 is 4.57 Å². The van der Waals surface area contributed by atoms with Crippen molar-refractivity contribution in [1.82, 2.24) is 4.57 Å². The van der Waals surface area contributed by atoms with Crippen molar-refractivity contribution in [2.45, 2.75) is 6.92 Å². The van der Waals surface area contributed by atoms with Crippen LogP contribution in [0.2, 0.25) is 0 Å². The highest BCUT2D eigenvalue weighted by atomic mass is 19.1. The normalized spacial score (nSPS) is 11.8. The molecule has 0 aliphatic rings. The number of hydrogen-bond acceptors (Lipinski definition) is 1. The predicted molar refractivity (Wildman–Crippen MR) is 46.9 cm³/mol. The Labute approximate surface area is 70.7 Å². The Morgan fingerprint density at radius 2 is 2.33 bits per heavy atom. The maximum absolute atomic E-state index is 12.7. The van der Waals surface area contributed by atoms with E-state index in [0.717, 1.165) is 5.70 Å². The summed E-state index contributed by atoms with van der Waals surface area (Å²) in [6, 6.07) is 2.75. The van der Waals surface area contributed by atoms with E-state index in [1.807, 2.05) is 6.92 Å². The van der Waals surface area contributed by atoms with E-state index in [4.69, 9.17) is 0 Å². The summed E-state index contributed by atoms with van der Waals surface area (Å²) in [5.41, 5.74) is 1.39. The van der Waals surface area contributed by atoms with E-state index in [9.17, 15) is 4.39 Å². The monoisotopic (exact) mass is 166 g/mol. The quantitative estimate of drug-likeness (QED) is 0.603. The largest absolute Gasteiger partial charge is 0.307 e.